The minimum atomic E-state index is -0.427. The van der Waals surface area contributed by atoms with Crippen LogP contribution in [0.5, 0.6) is 0 Å². The smallest absolute Gasteiger partial charge is 0.304 e. The minimum absolute atomic E-state index is 0.0447. The van der Waals surface area contributed by atoms with E-state index in [0.717, 1.165) is 22.6 Å². The molecule has 1 heterocycles. The van der Waals surface area contributed by atoms with E-state index in [1.807, 2.05) is 0 Å². The van der Waals surface area contributed by atoms with E-state index < -0.39 is 4.92 Å². The van der Waals surface area contributed by atoms with Crippen LogP contribution in [0.1, 0.15) is 11.3 Å². The second-order valence-corrected chi connectivity index (χ2v) is 5.52. The maximum absolute atomic E-state index is 10.9. The van der Waals surface area contributed by atoms with Gasteiger partial charge in [-0.1, -0.05) is 17.4 Å². The number of hydrogen-bond acceptors (Lipinski definition) is 5. The summed E-state index contributed by atoms with van der Waals surface area (Å²) < 4.78 is 0.461. The highest BCUT2D eigenvalue weighted by Crippen LogP contribution is 2.25. The Bertz CT molecular complexity index is 653. The number of nitro benzene ring substituents is 1. The molecule has 0 aliphatic carbocycles. The highest BCUT2D eigenvalue weighted by molar-refractivity contribution is 9.10. The van der Waals surface area contributed by atoms with Crippen molar-refractivity contribution in [3.05, 3.63) is 59.1 Å². The summed E-state index contributed by atoms with van der Waals surface area (Å²) in [5.74, 6) is 0. The first-order chi connectivity index (χ1) is 9.06. The van der Waals surface area contributed by atoms with Gasteiger partial charge in [0.2, 0.25) is 0 Å². The maximum atomic E-state index is 10.9. The Balaban J connectivity index is 1.98. The molecule has 0 bridgehead atoms. The summed E-state index contributed by atoms with van der Waals surface area (Å²) in [6, 6.07) is 4.98. The van der Waals surface area contributed by atoms with Crippen molar-refractivity contribution in [1.82, 2.24) is 10.3 Å². The molecule has 2 N–H and O–H groups in total. The lowest BCUT2D eigenvalue weighted by atomic mass is 10.2. The molecular weight excluding hydrogens is 334 g/mol. The molecule has 1 aromatic carbocycles. The van der Waals surface area contributed by atoms with E-state index in [4.69, 9.17) is 0 Å². The molecule has 0 atom stereocenters. The standard InChI is InChI=1S/C11H10BrN3O3S/c12-9-2-1-7(3-10(9)15(17)18)4-13-5-8-6-19-11(16)14-8/h1-3,6,13H,4-5H2,(H,14,16). The average Bonchev–Trinajstić information content (AvgIpc) is 2.77. The lowest BCUT2D eigenvalue weighted by molar-refractivity contribution is -0.385. The number of nitrogens with one attached hydrogen (secondary N) is 2. The van der Waals surface area contributed by atoms with Crippen LogP contribution in [0.25, 0.3) is 0 Å². The number of nitro groups is 1. The summed E-state index contributed by atoms with van der Waals surface area (Å²) in [4.78, 5) is 23.9. The van der Waals surface area contributed by atoms with Crippen LogP contribution < -0.4 is 10.2 Å². The van der Waals surface area contributed by atoms with E-state index >= 15 is 0 Å². The highest BCUT2D eigenvalue weighted by atomic mass is 79.9. The lowest BCUT2D eigenvalue weighted by Crippen LogP contribution is -2.13. The highest BCUT2D eigenvalue weighted by Gasteiger charge is 2.11. The Morgan fingerprint density at radius 3 is 2.84 bits per heavy atom. The Labute approximate surface area is 120 Å². The lowest BCUT2D eigenvalue weighted by Gasteiger charge is -2.04. The molecule has 19 heavy (non-hydrogen) atoms. The van der Waals surface area contributed by atoms with Crippen LogP contribution in [0.4, 0.5) is 5.69 Å². The van der Waals surface area contributed by atoms with Gasteiger partial charge in [0, 0.05) is 30.2 Å². The largest absolute Gasteiger partial charge is 0.315 e. The molecule has 0 spiro atoms. The molecule has 0 fully saturated rings. The average molecular weight is 344 g/mol. The molecule has 2 rings (SSSR count). The van der Waals surface area contributed by atoms with Crippen molar-refractivity contribution in [3.8, 4) is 0 Å². The normalized spacial score (nSPS) is 10.6. The van der Waals surface area contributed by atoms with Gasteiger partial charge in [-0.2, -0.15) is 0 Å². The van der Waals surface area contributed by atoms with Crippen molar-refractivity contribution in [2.45, 2.75) is 13.1 Å². The van der Waals surface area contributed by atoms with E-state index in [-0.39, 0.29) is 10.6 Å². The second kappa shape index (κ2) is 6.09. The topological polar surface area (TPSA) is 88.0 Å². The number of aromatic amines is 1. The summed E-state index contributed by atoms with van der Waals surface area (Å²) in [5, 5.41) is 15.7. The fraction of sp³-hybridized carbons (Fsp3) is 0.182. The van der Waals surface area contributed by atoms with E-state index in [1.165, 1.54) is 6.07 Å². The third-order valence-corrected chi connectivity index (χ3v) is 3.81. The molecule has 2 aromatic rings. The van der Waals surface area contributed by atoms with Gasteiger partial charge in [0.25, 0.3) is 5.69 Å². The van der Waals surface area contributed by atoms with Crippen molar-refractivity contribution in [3.63, 3.8) is 0 Å². The third-order valence-electron chi connectivity index (χ3n) is 2.42. The number of aromatic nitrogens is 1. The number of nitrogens with zero attached hydrogens (tertiary/aromatic N) is 1. The van der Waals surface area contributed by atoms with E-state index in [0.29, 0.717) is 17.6 Å². The first-order valence-electron chi connectivity index (χ1n) is 5.36. The fourth-order valence-corrected chi connectivity index (χ4v) is 2.52. The summed E-state index contributed by atoms with van der Waals surface area (Å²) >= 11 is 4.25. The van der Waals surface area contributed by atoms with Crippen molar-refractivity contribution < 1.29 is 4.92 Å². The Kier molecular flexibility index (Phi) is 4.46. The van der Waals surface area contributed by atoms with Gasteiger partial charge in [-0.25, -0.2) is 0 Å². The first kappa shape index (κ1) is 13.9. The molecule has 0 unspecified atom stereocenters. The SMILES string of the molecule is O=c1[nH]c(CNCc2ccc(Br)c([N+](=O)[O-])c2)cs1. The molecule has 0 aliphatic heterocycles. The summed E-state index contributed by atoms with van der Waals surface area (Å²) in [6.45, 7) is 1.01. The number of benzene rings is 1. The Morgan fingerprint density at radius 1 is 1.42 bits per heavy atom. The number of rotatable bonds is 5. The zero-order valence-corrected chi connectivity index (χ0v) is 12.1. The summed E-state index contributed by atoms with van der Waals surface area (Å²) in [7, 11) is 0. The molecule has 6 nitrogen and oxygen atoms in total. The van der Waals surface area contributed by atoms with Crippen molar-refractivity contribution in [2.75, 3.05) is 0 Å². The quantitative estimate of drug-likeness (QED) is 0.644. The van der Waals surface area contributed by atoms with Gasteiger partial charge in [0.05, 0.1) is 9.40 Å². The number of hydrogen-bond donors (Lipinski definition) is 2. The molecule has 8 heteroatoms. The fourth-order valence-electron chi connectivity index (χ4n) is 1.55. The van der Waals surface area contributed by atoms with Crippen LogP contribution >= 0.6 is 27.3 Å². The minimum Gasteiger partial charge on any atom is -0.315 e. The zero-order chi connectivity index (χ0) is 13.8. The van der Waals surface area contributed by atoms with Crippen LogP contribution in [-0.2, 0) is 13.1 Å². The molecule has 0 saturated carbocycles. The molecule has 100 valence electrons. The molecule has 0 saturated heterocycles. The summed E-state index contributed by atoms with van der Waals surface area (Å²) in [5.41, 5.74) is 1.66. The molecular formula is C11H10BrN3O3S. The van der Waals surface area contributed by atoms with E-state index in [9.17, 15) is 14.9 Å². The molecule has 0 amide bonds. The summed E-state index contributed by atoms with van der Waals surface area (Å²) in [6.07, 6.45) is 0. The van der Waals surface area contributed by atoms with Gasteiger partial charge in [0.15, 0.2) is 0 Å². The van der Waals surface area contributed by atoms with Crippen LogP contribution in [-0.4, -0.2) is 9.91 Å². The van der Waals surface area contributed by atoms with Gasteiger partial charge in [-0.3, -0.25) is 14.9 Å². The molecule has 0 radical (unpaired) electrons. The van der Waals surface area contributed by atoms with E-state index in [1.54, 1.807) is 17.5 Å². The number of H-pyrrole nitrogens is 1. The van der Waals surface area contributed by atoms with Crippen LogP contribution in [0.2, 0.25) is 0 Å². The predicted molar refractivity (Wildman–Crippen MR) is 76.3 cm³/mol. The second-order valence-electron chi connectivity index (χ2n) is 3.82. The van der Waals surface area contributed by atoms with Crippen LogP contribution in [0, 0.1) is 10.1 Å². The van der Waals surface area contributed by atoms with Crippen molar-refractivity contribution >= 4 is 33.0 Å². The first-order valence-corrected chi connectivity index (χ1v) is 7.04. The van der Waals surface area contributed by atoms with Crippen molar-refractivity contribution in [2.24, 2.45) is 0 Å². The molecule has 0 aliphatic rings. The Hall–Kier alpha value is -1.51. The van der Waals surface area contributed by atoms with Gasteiger partial charge < -0.3 is 10.3 Å². The van der Waals surface area contributed by atoms with Gasteiger partial charge in [-0.05, 0) is 27.6 Å². The monoisotopic (exact) mass is 343 g/mol. The van der Waals surface area contributed by atoms with Gasteiger partial charge >= 0.3 is 4.87 Å². The van der Waals surface area contributed by atoms with Crippen molar-refractivity contribution in [1.29, 1.82) is 0 Å². The van der Waals surface area contributed by atoms with E-state index in [2.05, 4.69) is 26.2 Å². The van der Waals surface area contributed by atoms with Gasteiger partial charge in [0.1, 0.15) is 0 Å². The zero-order valence-electron chi connectivity index (χ0n) is 9.68. The number of thiazole rings is 1. The van der Waals surface area contributed by atoms with Crippen LogP contribution in [0.3, 0.4) is 0 Å². The maximum Gasteiger partial charge on any atom is 0.304 e. The van der Waals surface area contributed by atoms with Crippen LogP contribution in [0.15, 0.2) is 32.8 Å². The third kappa shape index (κ3) is 3.72. The number of halogens is 1. The molecule has 1 aromatic heterocycles. The predicted octanol–water partition coefficient (Wildman–Crippen LogP) is 2.40. The Morgan fingerprint density at radius 2 is 2.21 bits per heavy atom. The van der Waals surface area contributed by atoms with Gasteiger partial charge in [-0.15, -0.1) is 0 Å².